The summed E-state index contributed by atoms with van der Waals surface area (Å²) in [5, 5.41) is 29.0. The molecule has 3 aromatic heterocycles. The average Bonchev–Trinajstić information content (AvgIpc) is 4.18. The number of nitrogens with one attached hydrogen (secondary N) is 3. The predicted molar refractivity (Wildman–Crippen MR) is 276 cm³/mol. The third-order valence-corrected chi connectivity index (χ3v) is 14.8. The predicted octanol–water partition coefficient (Wildman–Crippen LogP) is 8.13. The Kier molecular flexibility index (Phi) is 16.4. The first kappa shape index (κ1) is 54.5. The molecule has 0 spiro atoms. The van der Waals surface area contributed by atoms with Crippen LogP contribution in [0.2, 0.25) is 5.02 Å². The quantitative estimate of drug-likeness (QED) is 0.0614. The van der Waals surface area contributed by atoms with Gasteiger partial charge in [-0.15, -0.1) is 11.3 Å². The van der Waals surface area contributed by atoms with Crippen molar-refractivity contribution in [2.24, 2.45) is 18.4 Å². The summed E-state index contributed by atoms with van der Waals surface area (Å²) in [6.45, 7) is 9.67. The van der Waals surface area contributed by atoms with Crippen LogP contribution in [0, 0.1) is 23.7 Å². The van der Waals surface area contributed by atoms with Crippen molar-refractivity contribution >= 4 is 46.4 Å². The van der Waals surface area contributed by atoms with Gasteiger partial charge in [0.2, 0.25) is 23.3 Å². The maximum atomic E-state index is 14.4. The molecule has 8 rings (SSSR count). The molecule has 398 valence electrons. The fourth-order valence-corrected chi connectivity index (χ4v) is 10.4. The molecular weight excluding hydrogens is 1010 g/mol. The molecule has 0 radical (unpaired) electrons. The van der Waals surface area contributed by atoms with E-state index in [1.165, 1.54) is 15.8 Å². The highest BCUT2D eigenvalue weighted by Crippen LogP contribution is 2.44. The number of fused-ring (bicyclic) bond motifs is 1. The number of halogens is 4. The maximum absolute atomic E-state index is 14.4. The molecule has 5 heterocycles. The second kappa shape index (κ2) is 22.6. The topological polar surface area (TPSA) is 199 Å². The number of rotatable bonds is 18. The number of ether oxygens (including phenoxy) is 2. The van der Waals surface area contributed by atoms with E-state index in [-0.39, 0.29) is 98.4 Å². The first-order chi connectivity index (χ1) is 35.6. The molecule has 3 amide bonds. The van der Waals surface area contributed by atoms with Crippen LogP contribution < -0.4 is 25.7 Å². The molecule has 16 nitrogen and oxygen atoms in total. The van der Waals surface area contributed by atoms with Gasteiger partial charge in [-0.05, 0) is 85.0 Å². The number of thiazole rings is 1. The number of hydrogen-bond donors (Lipinski definition) is 4. The molecule has 2 aliphatic heterocycles. The lowest BCUT2D eigenvalue weighted by Crippen LogP contribution is -2.57. The molecule has 0 bridgehead atoms. The van der Waals surface area contributed by atoms with Crippen LogP contribution in [-0.2, 0) is 53.7 Å². The van der Waals surface area contributed by atoms with Crippen LogP contribution in [0.4, 0.5) is 13.2 Å². The number of Topliss-reactive ketones (excluding diaryl/α,β-unsaturated/α-hetero) is 1. The summed E-state index contributed by atoms with van der Waals surface area (Å²) in [7, 11) is 1.70. The van der Waals surface area contributed by atoms with Crippen molar-refractivity contribution in [3.63, 3.8) is 0 Å². The number of β-amino-alcohol motifs (C(OH)–C–C–N with tert-alkyl or cyclic N) is 1. The van der Waals surface area contributed by atoms with Crippen molar-refractivity contribution in [2.75, 3.05) is 19.8 Å². The van der Waals surface area contributed by atoms with Gasteiger partial charge in [0.1, 0.15) is 23.6 Å². The van der Waals surface area contributed by atoms with Gasteiger partial charge in [-0.3, -0.25) is 29.3 Å². The number of nitrogens with zero attached hydrogens (tertiary/aromatic N) is 6. The van der Waals surface area contributed by atoms with E-state index in [1.807, 2.05) is 52.0 Å². The van der Waals surface area contributed by atoms with E-state index < -0.39 is 53.2 Å². The number of aliphatic hydroxyl groups excluding tert-OH is 1. The summed E-state index contributed by atoms with van der Waals surface area (Å²) < 4.78 is 59.9. The minimum Gasteiger partial charge on any atom is -0.492 e. The van der Waals surface area contributed by atoms with Crippen LogP contribution in [0.3, 0.4) is 0 Å². The van der Waals surface area contributed by atoms with Gasteiger partial charge in [-0.2, -0.15) is 18.3 Å². The van der Waals surface area contributed by atoms with Gasteiger partial charge < -0.3 is 39.2 Å². The summed E-state index contributed by atoms with van der Waals surface area (Å²) >= 11 is 8.11. The third kappa shape index (κ3) is 12.5. The third-order valence-electron chi connectivity index (χ3n) is 13.5. The number of aliphatic hydroxyl groups is 1. The first-order valence-corrected chi connectivity index (χ1v) is 26.1. The number of likely N-dealkylation sites (tertiary alicyclic amines) is 1. The molecule has 3 aromatic carbocycles. The monoisotopic (exact) mass is 1070 g/mol. The molecule has 6 aromatic rings. The first-order valence-electron chi connectivity index (χ1n) is 24.8. The molecule has 0 saturated carbocycles. The van der Waals surface area contributed by atoms with Crippen LogP contribution in [0.15, 0.2) is 78.7 Å². The number of aromatic nitrogens is 5. The Bertz CT molecular complexity index is 3140. The Morgan fingerprint density at radius 2 is 1.75 bits per heavy atom. The van der Waals surface area contributed by atoms with Crippen molar-refractivity contribution < 1.29 is 46.9 Å². The molecular formula is C54H61ClF3N9O7S. The summed E-state index contributed by atoms with van der Waals surface area (Å²) in [4.78, 5) is 62.2. The Labute approximate surface area is 441 Å². The van der Waals surface area contributed by atoms with E-state index >= 15 is 0 Å². The number of ketones is 1. The van der Waals surface area contributed by atoms with Crippen LogP contribution in [-0.4, -0.2) is 95.4 Å². The zero-order valence-electron chi connectivity index (χ0n) is 42.6. The van der Waals surface area contributed by atoms with E-state index in [9.17, 15) is 37.5 Å². The standard InChI is InChI=1S/C54H61ClF3N9O7S/c1-7-66-28-40(48(63-66)54(56,57)58)38-21-34(26-65-18-17-64(6)52(65)59)22-39-45(70)36(29-74-46(38)39)20-33-13-16-41(55)43(23-33)73-19-9-8-10-44(69)62-49(53(3,4)5)51(72)67-27-37(68)24-42(67)50(71)60-25-32-11-14-35(15-12-32)47-31(2)61-30-75-47/h11-18,21-23,28,30,36-37,42,49,59,68H,7-10,19-20,24-27,29H2,1-6H3,(H,60,71)(H,62,69)/t36?,37-,42+,49-/m1/s1. The number of carbonyl (C=O) groups is 4. The Hall–Kier alpha value is -6.77. The highest BCUT2D eigenvalue weighted by molar-refractivity contribution is 7.13. The van der Waals surface area contributed by atoms with E-state index in [4.69, 9.17) is 26.5 Å². The van der Waals surface area contributed by atoms with Crippen molar-refractivity contribution in [1.29, 1.82) is 5.41 Å². The van der Waals surface area contributed by atoms with Gasteiger partial charge in [-0.25, -0.2) is 4.98 Å². The number of benzene rings is 3. The van der Waals surface area contributed by atoms with Gasteiger partial charge in [-0.1, -0.05) is 62.7 Å². The summed E-state index contributed by atoms with van der Waals surface area (Å²) in [5.41, 5.74) is 4.17. The number of amides is 3. The molecule has 0 aliphatic carbocycles. The lowest BCUT2D eigenvalue weighted by molar-refractivity contribution is -0.144. The molecule has 75 heavy (non-hydrogen) atoms. The summed E-state index contributed by atoms with van der Waals surface area (Å²) in [6, 6.07) is 14.2. The number of aryl methyl sites for hydroxylation is 3. The zero-order chi connectivity index (χ0) is 53.9. The van der Waals surface area contributed by atoms with E-state index in [1.54, 1.807) is 82.7 Å². The maximum Gasteiger partial charge on any atom is 0.435 e. The molecule has 1 unspecified atom stereocenters. The Balaban J connectivity index is 0.863. The van der Waals surface area contributed by atoms with Gasteiger partial charge in [0.15, 0.2) is 11.5 Å². The molecule has 2 aliphatic rings. The number of unbranched alkanes of at least 4 members (excludes halogenated alkanes) is 1. The molecule has 21 heteroatoms. The van der Waals surface area contributed by atoms with Crippen LogP contribution in [0.1, 0.15) is 91.8 Å². The summed E-state index contributed by atoms with van der Waals surface area (Å²) in [5.74, 6) is -1.84. The minimum atomic E-state index is -4.78. The van der Waals surface area contributed by atoms with Crippen LogP contribution in [0.5, 0.6) is 11.5 Å². The smallest absolute Gasteiger partial charge is 0.435 e. The second-order valence-electron chi connectivity index (χ2n) is 20.2. The van der Waals surface area contributed by atoms with Gasteiger partial charge in [0, 0.05) is 69.2 Å². The van der Waals surface area contributed by atoms with E-state index in [2.05, 4.69) is 20.7 Å². The Morgan fingerprint density at radius 3 is 2.41 bits per heavy atom. The molecule has 1 saturated heterocycles. The summed E-state index contributed by atoms with van der Waals surface area (Å²) in [6.07, 6.45) is 0.178. The average molecular weight is 1070 g/mol. The Morgan fingerprint density at radius 1 is 1.01 bits per heavy atom. The van der Waals surface area contributed by atoms with Gasteiger partial charge in [0.25, 0.3) is 0 Å². The number of hydrogen-bond acceptors (Lipinski definition) is 11. The highest BCUT2D eigenvalue weighted by Gasteiger charge is 2.45. The largest absolute Gasteiger partial charge is 0.492 e. The molecule has 4 atom stereocenters. The highest BCUT2D eigenvalue weighted by atomic mass is 35.5. The van der Waals surface area contributed by atoms with Crippen molar-refractivity contribution in [3.05, 3.63) is 123 Å². The van der Waals surface area contributed by atoms with Crippen LogP contribution >= 0.6 is 22.9 Å². The van der Waals surface area contributed by atoms with E-state index in [0.29, 0.717) is 34.7 Å². The molecule has 1 fully saturated rings. The van der Waals surface area contributed by atoms with Crippen molar-refractivity contribution in [2.45, 2.75) is 111 Å². The van der Waals surface area contributed by atoms with Crippen LogP contribution in [0.25, 0.3) is 21.6 Å². The van der Waals surface area contributed by atoms with Crippen molar-refractivity contribution in [3.8, 4) is 33.1 Å². The second-order valence-corrected chi connectivity index (χ2v) is 21.5. The lowest BCUT2D eigenvalue weighted by atomic mass is 9.85. The van der Waals surface area contributed by atoms with E-state index in [0.717, 1.165) is 21.7 Å². The molecule has 4 N–H and O–H groups in total. The SMILES string of the molecule is CCn1cc(-c2cc(Cn3ccn(C)c3=N)cc3c2OCC(Cc2ccc(Cl)c(OCCCCC(=O)N[C@H](C(=O)N4C[C@H](O)C[C@H]4C(=O)NCc4ccc(-c5scnc5C)cc4)C(C)(C)C)c2)C3=O)c(C(F)(F)F)n1. The zero-order valence-corrected chi connectivity index (χ0v) is 44.2. The normalized spacial score (nSPS) is 17.1. The van der Waals surface area contributed by atoms with Gasteiger partial charge in [0.05, 0.1) is 58.4 Å². The van der Waals surface area contributed by atoms with Crippen molar-refractivity contribution in [1.82, 2.24) is 39.4 Å². The minimum absolute atomic E-state index is 0.0386. The van der Waals surface area contributed by atoms with Gasteiger partial charge >= 0.3 is 6.18 Å². The fourth-order valence-electron chi connectivity index (χ4n) is 9.44. The number of imidazole rings is 1. The lowest BCUT2D eigenvalue weighted by Gasteiger charge is -2.35. The fraction of sp³-hybridized carbons (Fsp3) is 0.426. The number of carbonyl (C=O) groups excluding carboxylic acids is 4. The number of alkyl halides is 3.